The highest BCUT2D eigenvalue weighted by atomic mass is 16.5. The summed E-state index contributed by atoms with van der Waals surface area (Å²) in [5.41, 5.74) is 2.84. The predicted molar refractivity (Wildman–Crippen MR) is 114 cm³/mol. The molecule has 3 heterocycles. The average molecular weight is 396 g/mol. The lowest BCUT2D eigenvalue weighted by molar-refractivity contribution is 0.102. The largest absolute Gasteiger partial charge is 0.490 e. The van der Waals surface area contributed by atoms with E-state index in [9.17, 15) is 4.79 Å². The summed E-state index contributed by atoms with van der Waals surface area (Å²) in [6.07, 6.45) is 4.62. The Kier molecular flexibility index (Phi) is 5.48. The first kappa shape index (κ1) is 19.0. The molecule has 2 aliphatic rings. The van der Waals surface area contributed by atoms with Crippen LogP contribution in [0.25, 0.3) is 6.20 Å². The zero-order chi connectivity index (χ0) is 20.2. The maximum absolute atomic E-state index is 13.1. The predicted octanol–water partition coefficient (Wildman–Crippen LogP) is 2.60. The summed E-state index contributed by atoms with van der Waals surface area (Å²) >= 11 is 0. The lowest BCUT2D eigenvalue weighted by Gasteiger charge is -2.32. The van der Waals surface area contributed by atoms with Gasteiger partial charge in [0.15, 0.2) is 5.82 Å². The van der Waals surface area contributed by atoms with Gasteiger partial charge in [-0.1, -0.05) is 6.58 Å². The van der Waals surface area contributed by atoms with Gasteiger partial charge in [0.05, 0.1) is 36.5 Å². The summed E-state index contributed by atoms with van der Waals surface area (Å²) in [7, 11) is 0. The number of benzene rings is 1. The minimum Gasteiger partial charge on any atom is -0.490 e. The Labute approximate surface area is 169 Å². The average Bonchev–Trinajstić information content (AvgIpc) is 3.17. The molecule has 0 aliphatic carbocycles. The van der Waals surface area contributed by atoms with Crippen molar-refractivity contribution in [1.82, 2.24) is 9.78 Å². The van der Waals surface area contributed by atoms with Crippen LogP contribution in [0.3, 0.4) is 0 Å². The number of nitrogens with zero attached hydrogens (tertiary/aromatic N) is 4. The van der Waals surface area contributed by atoms with Crippen LogP contribution in [0.4, 0.5) is 22.9 Å². The maximum Gasteiger partial charge on any atom is 0.261 e. The van der Waals surface area contributed by atoms with E-state index in [2.05, 4.69) is 32.2 Å². The molecule has 0 spiro atoms. The molecule has 0 atom stereocenters. The van der Waals surface area contributed by atoms with Crippen LogP contribution >= 0.6 is 0 Å². The Bertz CT molecular complexity index is 946. The third-order valence-corrected chi connectivity index (χ3v) is 4.81. The lowest BCUT2D eigenvalue weighted by atomic mass is 10.1. The molecule has 0 radical (unpaired) electrons. The van der Waals surface area contributed by atoms with Crippen LogP contribution in [0.1, 0.15) is 17.3 Å². The molecule has 1 fully saturated rings. The van der Waals surface area contributed by atoms with E-state index in [1.165, 1.54) is 17.1 Å². The van der Waals surface area contributed by atoms with E-state index in [0.717, 1.165) is 36.8 Å². The summed E-state index contributed by atoms with van der Waals surface area (Å²) in [6.45, 7) is 9.60. The van der Waals surface area contributed by atoms with Crippen molar-refractivity contribution in [1.29, 1.82) is 0 Å². The van der Waals surface area contributed by atoms with Crippen molar-refractivity contribution in [2.45, 2.75) is 6.92 Å². The number of hydrogen-bond donors (Lipinski definition) is 2. The van der Waals surface area contributed by atoms with Gasteiger partial charge in [-0.2, -0.15) is 5.10 Å². The monoisotopic (exact) mass is 396 g/mol. The molecule has 4 rings (SSSR count). The fourth-order valence-electron chi connectivity index (χ4n) is 3.43. The third-order valence-electron chi connectivity index (χ3n) is 4.81. The molecule has 2 N–H and O–H groups in total. The first-order valence-corrected chi connectivity index (χ1v) is 9.58. The van der Waals surface area contributed by atoms with Gasteiger partial charge in [0.1, 0.15) is 17.9 Å². The minimum atomic E-state index is -0.287. The van der Waals surface area contributed by atoms with Gasteiger partial charge in [-0.3, -0.25) is 4.79 Å². The van der Waals surface area contributed by atoms with E-state index in [-0.39, 0.29) is 5.91 Å². The number of carbonyl (C=O) groups excluding carboxylic acids is 1. The molecular formula is C20H24N6O3. The molecule has 152 valence electrons. The van der Waals surface area contributed by atoms with E-state index in [4.69, 9.17) is 9.47 Å². The number of rotatable bonds is 5. The van der Waals surface area contributed by atoms with E-state index < -0.39 is 0 Å². The molecule has 0 unspecified atom stereocenters. The maximum atomic E-state index is 13.1. The van der Waals surface area contributed by atoms with Gasteiger partial charge in [-0.25, -0.2) is 9.67 Å². The van der Waals surface area contributed by atoms with Crippen LogP contribution in [0.2, 0.25) is 0 Å². The summed E-state index contributed by atoms with van der Waals surface area (Å²) in [5, 5.41) is 10.5. The summed E-state index contributed by atoms with van der Waals surface area (Å²) in [5.74, 6) is 0.934. The summed E-state index contributed by atoms with van der Waals surface area (Å²) in [6, 6.07) is 3.89. The molecule has 1 aromatic carbocycles. The van der Waals surface area contributed by atoms with Crippen molar-refractivity contribution >= 4 is 41.2 Å². The van der Waals surface area contributed by atoms with E-state index in [0.29, 0.717) is 36.9 Å². The van der Waals surface area contributed by atoms with Gasteiger partial charge < -0.3 is 25.0 Å². The van der Waals surface area contributed by atoms with Crippen molar-refractivity contribution in [3.63, 3.8) is 0 Å². The van der Waals surface area contributed by atoms with Crippen LogP contribution in [0, 0.1) is 0 Å². The first-order valence-electron chi connectivity index (χ1n) is 9.58. The number of ether oxygens (including phenoxy) is 2. The van der Waals surface area contributed by atoms with Crippen LogP contribution in [0.15, 0.2) is 29.9 Å². The molecule has 1 aromatic heterocycles. The van der Waals surface area contributed by atoms with Gasteiger partial charge in [0, 0.05) is 38.1 Å². The quantitative estimate of drug-likeness (QED) is 0.755. The molecule has 0 saturated carbocycles. The summed E-state index contributed by atoms with van der Waals surface area (Å²) in [4.78, 5) is 19.5. The SMILES string of the molecule is C=Cn1ncc(C(=O)Nc2cc3c(cc2N2CCOCC2)OCCN3)c1N=CC. The van der Waals surface area contributed by atoms with Crippen molar-refractivity contribution in [3.05, 3.63) is 30.5 Å². The molecule has 1 amide bonds. The first-order chi connectivity index (χ1) is 14.2. The number of aliphatic imine (C=N–C) groups is 1. The van der Waals surface area contributed by atoms with Gasteiger partial charge in [-0.15, -0.1) is 0 Å². The van der Waals surface area contributed by atoms with E-state index in [1.54, 1.807) is 13.1 Å². The van der Waals surface area contributed by atoms with E-state index in [1.807, 2.05) is 12.1 Å². The molecule has 9 heteroatoms. The highest BCUT2D eigenvalue weighted by Crippen LogP contribution is 2.39. The van der Waals surface area contributed by atoms with Gasteiger partial charge in [0.2, 0.25) is 0 Å². The Morgan fingerprint density at radius 1 is 1.34 bits per heavy atom. The second kappa shape index (κ2) is 8.36. The number of anilines is 3. The van der Waals surface area contributed by atoms with Crippen LogP contribution in [-0.4, -0.2) is 61.4 Å². The number of hydrogen-bond acceptors (Lipinski definition) is 7. The normalized spacial score (nSPS) is 16.1. The minimum absolute atomic E-state index is 0.287. The Balaban J connectivity index is 1.69. The molecule has 0 bridgehead atoms. The standard InChI is InChI=1S/C20H24N6O3/c1-3-21-19-14(13-23-26(19)4-2)20(27)24-15-11-16-18(29-8-5-22-16)12-17(15)25-6-9-28-10-7-25/h3-4,11-13,22H,2,5-10H2,1H3,(H,24,27). The molecule has 1 saturated heterocycles. The van der Waals surface area contributed by atoms with Crippen molar-refractivity contribution in [2.75, 3.05) is 55.0 Å². The van der Waals surface area contributed by atoms with Gasteiger partial charge in [0.25, 0.3) is 5.91 Å². The fraction of sp³-hybridized carbons (Fsp3) is 0.350. The highest BCUT2D eigenvalue weighted by Gasteiger charge is 2.23. The van der Waals surface area contributed by atoms with Crippen LogP contribution < -0.4 is 20.3 Å². The number of fused-ring (bicyclic) bond motifs is 1. The second-order valence-corrected chi connectivity index (χ2v) is 6.59. The van der Waals surface area contributed by atoms with Crippen molar-refractivity contribution in [3.8, 4) is 5.75 Å². The Morgan fingerprint density at radius 3 is 2.93 bits per heavy atom. The molecule has 29 heavy (non-hydrogen) atoms. The van der Waals surface area contributed by atoms with Crippen molar-refractivity contribution in [2.24, 2.45) is 4.99 Å². The summed E-state index contributed by atoms with van der Waals surface area (Å²) < 4.78 is 12.7. The molecular weight excluding hydrogens is 372 g/mol. The molecule has 2 aliphatic heterocycles. The Morgan fingerprint density at radius 2 is 2.17 bits per heavy atom. The van der Waals surface area contributed by atoms with Crippen LogP contribution in [-0.2, 0) is 4.74 Å². The number of carbonyl (C=O) groups is 1. The van der Waals surface area contributed by atoms with Gasteiger partial charge in [-0.05, 0) is 13.0 Å². The highest BCUT2D eigenvalue weighted by molar-refractivity contribution is 6.09. The fourth-order valence-corrected chi connectivity index (χ4v) is 3.43. The number of amides is 1. The van der Waals surface area contributed by atoms with Gasteiger partial charge >= 0.3 is 0 Å². The Hall–Kier alpha value is -3.33. The number of aromatic nitrogens is 2. The number of nitrogens with one attached hydrogen (secondary N) is 2. The molecule has 9 nitrogen and oxygen atoms in total. The van der Waals surface area contributed by atoms with E-state index >= 15 is 0 Å². The topological polar surface area (TPSA) is 93.0 Å². The molecule has 2 aromatic rings. The number of morpholine rings is 1. The van der Waals surface area contributed by atoms with Crippen LogP contribution in [0.5, 0.6) is 5.75 Å². The smallest absolute Gasteiger partial charge is 0.261 e. The second-order valence-electron chi connectivity index (χ2n) is 6.59. The lowest BCUT2D eigenvalue weighted by Crippen LogP contribution is -2.37. The third kappa shape index (κ3) is 3.81. The van der Waals surface area contributed by atoms with Crippen molar-refractivity contribution < 1.29 is 14.3 Å². The zero-order valence-corrected chi connectivity index (χ0v) is 16.4. The zero-order valence-electron chi connectivity index (χ0n) is 16.4.